The Morgan fingerprint density at radius 3 is 2.39 bits per heavy atom. The molecule has 4 rings (SSSR count). The Hall–Kier alpha value is -3.69. The molecule has 0 saturated carbocycles. The van der Waals surface area contributed by atoms with E-state index in [9.17, 15) is 17.4 Å². The SMILES string of the molecule is Cc1cc(F)ccc1-c1ccc(N=Nc2cc(S(=O)(=O)[O-])c3ccccc3c2N)cn1. The second-order valence-electron chi connectivity index (χ2n) is 6.87. The molecule has 0 aliphatic carbocycles. The molecule has 0 bridgehead atoms. The molecular formula is C22H16FN4O3S-. The molecule has 0 atom stereocenters. The molecule has 0 aliphatic heterocycles. The van der Waals surface area contributed by atoms with Gasteiger partial charge in [-0.2, -0.15) is 0 Å². The molecule has 0 fully saturated rings. The maximum atomic E-state index is 13.3. The highest BCUT2D eigenvalue weighted by molar-refractivity contribution is 7.86. The second-order valence-corrected chi connectivity index (χ2v) is 8.22. The van der Waals surface area contributed by atoms with E-state index < -0.39 is 15.0 Å². The Morgan fingerprint density at radius 1 is 1.00 bits per heavy atom. The summed E-state index contributed by atoms with van der Waals surface area (Å²) in [5.41, 5.74) is 8.96. The summed E-state index contributed by atoms with van der Waals surface area (Å²) in [4.78, 5) is 3.92. The van der Waals surface area contributed by atoms with Crippen LogP contribution in [0.3, 0.4) is 0 Å². The summed E-state index contributed by atoms with van der Waals surface area (Å²) in [6.07, 6.45) is 1.48. The van der Waals surface area contributed by atoms with Gasteiger partial charge in [0.25, 0.3) is 0 Å². The predicted molar refractivity (Wildman–Crippen MR) is 115 cm³/mol. The quantitative estimate of drug-likeness (QED) is 0.266. The average molecular weight is 435 g/mol. The van der Waals surface area contributed by atoms with E-state index >= 15 is 0 Å². The van der Waals surface area contributed by atoms with Gasteiger partial charge in [-0.3, -0.25) is 4.98 Å². The molecule has 0 spiro atoms. The van der Waals surface area contributed by atoms with E-state index in [-0.39, 0.29) is 22.6 Å². The van der Waals surface area contributed by atoms with Crippen molar-refractivity contribution in [1.29, 1.82) is 0 Å². The summed E-state index contributed by atoms with van der Waals surface area (Å²) >= 11 is 0. The fourth-order valence-corrected chi connectivity index (χ4v) is 3.97. The predicted octanol–water partition coefficient (Wildman–Crippen LogP) is 5.25. The van der Waals surface area contributed by atoms with Crippen molar-refractivity contribution in [2.75, 3.05) is 5.73 Å². The van der Waals surface area contributed by atoms with Gasteiger partial charge in [0.15, 0.2) is 0 Å². The lowest BCUT2D eigenvalue weighted by Gasteiger charge is -2.13. The topological polar surface area (TPSA) is 121 Å². The minimum Gasteiger partial charge on any atom is -0.744 e. The van der Waals surface area contributed by atoms with E-state index in [1.807, 2.05) is 0 Å². The fraction of sp³-hybridized carbons (Fsp3) is 0.0455. The van der Waals surface area contributed by atoms with Gasteiger partial charge in [-0.05, 0) is 48.9 Å². The maximum absolute atomic E-state index is 13.3. The van der Waals surface area contributed by atoms with E-state index in [1.54, 1.807) is 43.3 Å². The van der Waals surface area contributed by atoms with Crippen LogP contribution in [0, 0.1) is 12.7 Å². The number of hydrogen-bond acceptors (Lipinski definition) is 7. The normalized spacial score (nSPS) is 12.0. The van der Waals surface area contributed by atoms with Crippen LogP contribution in [0.25, 0.3) is 22.0 Å². The zero-order chi connectivity index (χ0) is 22.2. The number of hydrogen-bond donors (Lipinski definition) is 1. The van der Waals surface area contributed by atoms with Gasteiger partial charge in [0.1, 0.15) is 27.3 Å². The number of azo groups is 1. The van der Waals surface area contributed by atoms with Crippen LogP contribution >= 0.6 is 0 Å². The highest BCUT2D eigenvalue weighted by atomic mass is 32.2. The number of halogens is 1. The summed E-state index contributed by atoms with van der Waals surface area (Å²) in [7, 11) is -4.74. The number of nitrogens with two attached hydrogens (primary N) is 1. The highest BCUT2D eigenvalue weighted by Crippen LogP contribution is 2.36. The lowest BCUT2D eigenvalue weighted by molar-refractivity contribution is 0.464. The third kappa shape index (κ3) is 4.14. The molecule has 1 aromatic heterocycles. The van der Waals surface area contributed by atoms with Crippen molar-refractivity contribution in [3.63, 3.8) is 0 Å². The van der Waals surface area contributed by atoms with E-state index in [1.165, 1.54) is 24.4 Å². The molecule has 156 valence electrons. The second kappa shape index (κ2) is 7.86. The smallest absolute Gasteiger partial charge is 0.125 e. The molecule has 31 heavy (non-hydrogen) atoms. The van der Waals surface area contributed by atoms with Crippen LogP contribution in [-0.4, -0.2) is 18.0 Å². The third-order valence-electron chi connectivity index (χ3n) is 4.78. The van der Waals surface area contributed by atoms with Gasteiger partial charge >= 0.3 is 0 Å². The van der Waals surface area contributed by atoms with Crippen LogP contribution in [-0.2, 0) is 10.1 Å². The van der Waals surface area contributed by atoms with Crippen molar-refractivity contribution in [1.82, 2.24) is 4.98 Å². The number of aromatic nitrogens is 1. The Labute approximate surface area is 177 Å². The lowest BCUT2D eigenvalue weighted by atomic mass is 10.1. The van der Waals surface area contributed by atoms with Gasteiger partial charge in [0, 0.05) is 16.3 Å². The molecule has 0 aliphatic rings. The average Bonchev–Trinajstić information content (AvgIpc) is 2.73. The van der Waals surface area contributed by atoms with E-state index in [2.05, 4.69) is 15.2 Å². The molecule has 0 unspecified atom stereocenters. The number of anilines is 1. The van der Waals surface area contributed by atoms with Gasteiger partial charge in [0.05, 0.1) is 22.5 Å². The number of nitrogen functional groups attached to an aromatic ring is 1. The van der Waals surface area contributed by atoms with E-state index in [0.29, 0.717) is 16.8 Å². The largest absolute Gasteiger partial charge is 0.744 e. The number of rotatable bonds is 4. The summed E-state index contributed by atoms with van der Waals surface area (Å²) in [5, 5.41) is 8.73. The Balaban J connectivity index is 1.71. The molecule has 7 nitrogen and oxygen atoms in total. The van der Waals surface area contributed by atoms with Crippen molar-refractivity contribution < 1.29 is 17.4 Å². The zero-order valence-corrected chi connectivity index (χ0v) is 17.1. The van der Waals surface area contributed by atoms with Crippen LogP contribution in [0.1, 0.15) is 5.56 Å². The molecule has 0 amide bonds. The number of benzene rings is 3. The summed E-state index contributed by atoms with van der Waals surface area (Å²) in [5.74, 6) is -0.320. The first kappa shape index (κ1) is 20.6. The molecule has 4 aromatic rings. The van der Waals surface area contributed by atoms with Crippen LogP contribution in [0.5, 0.6) is 0 Å². The monoisotopic (exact) mass is 435 g/mol. The van der Waals surface area contributed by atoms with Gasteiger partial charge in [-0.25, -0.2) is 12.8 Å². The summed E-state index contributed by atoms with van der Waals surface area (Å²) in [6.45, 7) is 1.79. The van der Waals surface area contributed by atoms with Gasteiger partial charge in [-0.1, -0.05) is 24.3 Å². The van der Waals surface area contributed by atoms with Crippen LogP contribution in [0.4, 0.5) is 21.5 Å². The first-order valence-corrected chi connectivity index (χ1v) is 10.6. The van der Waals surface area contributed by atoms with Crippen molar-refractivity contribution in [2.24, 2.45) is 10.2 Å². The Morgan fingerprint density at radius 2 is 1.74 bits per heavy atom. The van der Waals surface area contributed by atoms with Crippen molar-refractivity contribution in [2.45, 2.75) is 11.8 Å². The number of nitrogens with zero attached hydrogens (tertiary/aromatic N) is 3. The lowest BCUT2D eigenvalue weighted by Crippen LogP contribution is -2.01. The van der Waals surface area contributed by atoms with Crippen molar-refractivity contribution >= 4 is 38.0 Å². The molecule has 2 N–H and O–H groups in total. The van der Waals surface area contributed by atoms with Crippen LogP contribution < -0.4 is 5.73 Å². The van der Waals surface area contributed by atoms with Crippen LogP contribution in [0.2, 0.25) is 0 Å². The molecule has 1 heterocycles. The zero-order valence-electron chi connectivity index (χ0n) is 16.3. The van der Waals surface area contributed by atoms with E-state index in [4.69, 9.17) is 5.73 Å². The molecular weight excluding hydrogens is 419 g/mol. The molecule has 0 radical (unpaired) electrons. The Bertz CT molecular complexity index is 1440. The molecule has 3 aromatic carbocycles. The van der Waals surface area contributed by atoms with Gasteiger partial charge < -0.3 is 10.3 Å². The fourth-order valence-electron chi connectivity index (χ4n) is 3.27. The minimum absolute atomic E-state index is 0.0616. The highest BCUT2D eigenvalue weighted by Gasteiger charge is 2.14. The minimum atomic E-state index is -4.74. The third-order valence-corrected chi connectivity index (χ3v) is 5.66. The standard InChI is InChI=1S/C22H17FN4O3S/c1-13-10-14(23)6-8-16(13)19-9-7-15(12-25-19)26-27-20-11-21(31(28,29)30)17-4-2-3-5-18(17)22(20)24/h2-12H,24H2,1H3,(H,28,29,30)/p-1. The first-order valence-electron chi connectivity index (χ1n) is 9.15. The van der Waals surface area contributed by atoms with Gasteiger partial charge in [0.2, 0.25) is 0 Å². The molecule has 0 saturated heterocycles. The first-order chi connectivity index (χ1) is 14.7. The van der Waals surface area contributed by atoms with Crippen molar-refractivity contribution in [3.8, 4) is 11.3 Å². The summed E-state index contributed by atoms with van der Waals surface area (Å²) in [6, 6.07) is 15.4. The number of pyridine rings is 1. The maximum Gasteiger partial charge on any atom is 0.125 e. The van der Waals surface area contributed by atoms with E-state index in [0.717, 1.165) is 17.2 Å². The molecule has 9 heteroatoms. The van der Waals surface area contributed by atoms with Crippen LogP contribution in [0.15, 0.2) is 82.0 Å². The number of aryl methyl sites for hydroxylation is 1. The Kier molecular flexibility index (Phi) is 5.22. The number of fused-ring (bicyclic) bond motifs is 1. The summed E-state index contributed by atoms with van der Waals surface area (Å²) < 4.78 is 48.4. The van der Waals surface area contributed by atoms with Crippen molar-refractivity contribution in [3.05, 3.63) is 78.2 Å². The van der Waals surface area contributed by atoms with Gasteiger partial charge in [-0.15, -0.1) is 10.2 Å².